The first-order chi connectivity index (χ1) is 14.4. The quantitative estimate of drug-likeness (QED) is 0.444. The summed E-state index contributed by atoms with van der Waals surface area (Å²) in [7, 11) is 0. The largest absolute Gasteiger partial charge is 0.452 e. The highest BCUT2D eigenvalue weighted by Gasteiger charge is 2.19. The van der Waals surface area contributed by atoms with Crippen LogP contribution in [0, 0.1) is 13.8 Å². The van der Waals surface area contributed by atoms with E-state index in [1.807, 2.05) is 48.7 Å². The summed E-state index contributed by atoms with van der Waals surface area (Å²) in [5.41, 5.74) is 4.37. The highest BCUT2D eigenvalue weighted by atomic mass is 16.5. The fourth-order valence-corrected chi connectivity index (χ4v) is 3.46. The molecule has 0 bridgehead atoms. The number of ether oxygens (including phenoxy) is 1. The van der Waals surface area contributed by atoms with Crippen LogP contribution in [0.4, 0.5) is 5.69 Å². The number of rotatable bonds is 5. The third-order valence-electron chi connectivity index (χ3n) is 4.80. The predicted molar refractivity (Wildman–Crippen MR) is 113 cm³/mol. The Morgan fingerprint density at radius 2 is 1.73 bits per heavy atom. The van der Waals surface area contributed by atoms with Gasteiger partial charge in [0.25, 0.3) is 5.91 Å². The molecule has 3 N–H and O–H groups in total. The average Bonchev–Trinajstić information content (AvgIpc) is 3.24. The van der Waals surface area contributed by atoms with E-state index in [1.54, 1.807) is 24.3 Å². The number of benzene rings is 2. The second-order valence-corrected chi connectivity index (χ2v) is 6.92. The molecule has 8 heteroatoms. The maximum atomic E-state index is 12.5. The van der Waals surface area contributed by atoms with Crippen molar-refractivity contribution in [3.05, 3.63) is 82.0 Å². The number of nitrogens with one attached hydrogen (secondary N) is 3. The molecule has 0 atom stereocenters. The molecule has 2 heterocycles. The summed E-state index contributed by atoms with van der Waals surface area (Å²) in [6.45, 7) is 3.32. The van der Waals surface area contributed by atoms with E-state index in [0.717, 1.165) is 17.1 Å². The zero-order valence-electron chi connectivity index (χ0n) is 16.5. The van der Waals surface area contributed by atoms with Crippen molar-refractivity contribution in [2.75, 3.05) is 11.9 Å². The lowest BCUT2D eigenvalue weighted by Crippen LogP contribution is -2.21. The third-order valence-corrected chi connectivity index (χ3v) is 4.80. The maximum absolute atomic E-state index is 12.5. The first kappa shape index (κ1) is 19.3. The molecule has 0 unspecified atom stereocenters. The van der Waals surface area contributed by atoms with Crippen LogP contribution < -0.4 is 11.0 Å². The molecule has 2 aromatic carbocycles. The van der Waals surface area contributed by atoms with Crippen molar-refractivity contribution in [2.24, 2.45) is 0 Å². The van der Waals surface area contributed by atoms with Crippen LogP contribution in [0.25, 0.3) is 16.7 Å². The molecule has 0 radical (unpaired) electrons. The summed E-state index contributed by atoms with van der Waals surface area (Å²) in [5, 5.41) is 2.65. The molecule has 152 valence electrons. The lowest BCUT2D eigenvalue weighted by Gasteiger charge is -2.10. The summed E-state index contributed by atoms with van der Waals surface area (Å²) < 4.78 is 7.17. The van der Waals surface area contributed by atoms with Gasteiger partial charge in [0, 0.05) is 22.8 Å². The number of aryl methyl sites for hydroxylation is 1. The molecule has 30 heavy (non-hydrogen) atoms. The van der Waals surface area contributed by atoms with E-state index < -0.39 is 18.5 Å². The molecule has 4 rings (SSSR count). The molecule has 0 fully saturated rings. The molecule has 1 amide bonds. The fraction of sp³-hybridized carbons (Fsp3) is 0.136. The summed E-state index contributed by atoms with van der Waals surface area (Å²) >= 11 is 0. The number of aromatic nitrogens is 3. The van der Waals surface area contributed by atoms with E-state index in [4.69, 9.17) is 4.74 Å². The number of aromatic amines is 2. The number of carbonyl (C=O) groups excluding carboxylic acids is 2. The zero-order valence-corrected chi connectivity index (χ0v) is 16.5. The molecule has 0 spiro atoms. The Kier molecular flexibility index (Phi) is 4.97. The lowest BCUT2D eigenvalue weighted by atomic mass is 10.2. The molecule has 8 nitrogen and oxygen atoms in total. The highest BCUT2D eigenvalue weighted by molar-refractivity contribution is 5.97. The van der Waals surface area contributed by atoms with Crippen molar-refractivity contribution in [3.63, 3.8) is 0 Å². The standard InChI is InChI=1S/C22H20N4O4/c1-13-10-17(14(2)26(13)16-6-4-3-5-7-16)21(28)30-12-20(27)23-15-8-9-18-19(11-15)25-22(29)24-18/h3-11H,12H2,1-2H3,(H,23,27)(H2,24,25,29). The van der Waals surface area contributed by atoms with Crippen molar-refractivity contribution in [1.29, 1.82) is 0 Å². The third kappa shape index (κ3) is 3.75. The minimum Gasteiger partial charge on any atom is -0.452 e. The Morgan fingerprint density at radius 1 is 1.00 bits per heavy atom. The van der Waals surface area contributed by atoms with Crippen LogP contribution in [0.5, 0.6) is 0 Å². The number of amides is 1. The second kappa shape index (κ2) is 7.75. The molecular formula is C22H20N4O4. The highest BCUT2D eigenvalue weighted by Crippen LogP contribution is 2.21. The zero-order chi connectivity index (χ0) is 21.3. The number of hydrogen-bond acceptors (Lipinski definition) is 4. The van der Waals surface area contributed by atoms with Crippen LogP contribution in [-0.4, -0.2) is 33.0 Å². The molecule has 0 saturated carbocycles. The summed E-state index contributed by atoms with van der Waals surface area (Å²) in [4.78, 5) is 41.3. The summed E-state index contributed by atoms with van der Waals surface area (Å²) in [5.74, 6) is -1.04. The van der Waals surface area contributed by atoms with Crippen LogP contribution in [0.2, 0.25) is 0 Å². The Bertz CT molecular complexity index is 1300. The topological polar surface area (TPSA) is 109 Å². The smallest absolute Gasteiger partial charge is 0.340 e. The molecule has 0 aliphatic rings. The van der Waals surface area contributed by atoms with E-state index >= 15 is 0 Å². The summed E-state index contributed by atoms with van der Waals surface area (Å²) in [6.07, 6.45) is 0. The van der Waals surface area contributed by atoms with Gasteiger partial charge in [0.05, 0.1) is 16.6 Å². The van der Waals surface area contributed by atoms with Gasteiger partial charge >= 0.3 is 11.7 Å². The first-order valence-electron chi connectivity index (χ1n) is 9.36. The average molecular weight is 404 g/mol. The Morgan fingerprint density at radius 3 is 2.50 bits per heavy atom. The minimum atomic E-state index is -0.564. The molecule has 2 aromatic heterocycles. The van der Waals surface area contributed by atoms with Gasteiger partial charge in [0.15, 0.2) is 6.61 Å². The molecular weight excluding hydrogens is 384 g/mol. The van der Waals surface area contributed by atoms with Crippen molar-refractivity contribution in [3.8, 4) is 5.69 Å². The van der Waals surface area contributed by atoms with Gasteiger partial charge in [-0.05, 0) is 50.2 Å². The van der Waals surface area contributed by atoms with Gasteiger partial charge in [-0.15, -0.1) is 0 Å². The van der Waals surface area contributed by atoms with Crippen molar-refractivity contribution >= 4 is 28.6 Å². The lowest BCUT2D eigenvalue weighted by molar-refractivity contribution is -0.119. The number of anilines is 1. The van der Waals surface area contributed by atoms with E-state index in [9.17, 15) is 14.4 Å². The van der Waals surface area contributed by atoms with Gasteiger partial charge in [0.2, 0.25) is 0 Å². The SMILES string of the molecule is Cc1cc(C(=O)OCC(=O)Nc2ccc3[nH]c(=O)[nH]c3c2)c(C)n1-c1ccccc1. The normalized spacial score (nSPS) is 10.9. The predicted octanol–water partition coefficient (Wildman–Crippen LogP) is 3.06. The monoisotopic (exact) mass is 404 g/mol. The van der Waals surface area contributed by atoms with Gasteiger partial charge in [-0.1, -0.05) is 18.2 Å². The van der Waals surface area contributed by atoms with E-state index in [0.29, 0.717) is 22.3 Å². The van der Waals surface area contributed by atoms with Gasteiger partial charge in [-0.2, -0.15) is 0 Å². The van der Waals surface area contributed by atoms with Gasteiger partial charge in [0.1, 0.15) is 0 Å². The van der Waals surface area contributed by atoms with Crippen LogP contribution >= 0.6 is 0 Å². The van der Waals surface area contributed by atoms with E-state index in [2.05, 4.69) is 15.3 Å². The number of para-hydroxylation sites is 1. The number of imidazole rings is 1. The number of esters is 1. The van der Waals surface area contributed by atoms with Crippen LogP contribution in [0.15, 0.2) is 59.4 Å². The van der Waals surface area contributed by atoms with Crippen LogP contribution in [0.3, 0.4) is 0 Å². The first-order valence-corrected chi connectivity index (χ1v) is 9.36. The molecule has 0 aliphatic heterocycles. The van der Waals surface area contributed by atoms with Gasteiger partial charge in [-0.25, -0.2) is 9.59 Å². The molecule has 4 aromatic rings. The number of carbonyl (C=O) groups is 2. The summed E-state index contributed by atoms with van der Waals surface area (Å²) in [6, 6.07) is 16.4. The Labute approximate surface area is 171 Å². The maximum Gasteiger partial charge on any atom is 0.340 e. The van der Waals surface area contributed by atoms with E-state index in [1.165, 1.54) is 0 Å². The van der Waals surface area contributed by atoms with Crippen molar-refractivity contribution < 1.29 is 14.3 Å². The Balaban J connectivity index is 1.43. The van der Waals surface area contributed by atoms with Crippen LogP contribution in [-0.2, 0) is 9.53 Å². The van der Waals surface area contributed by atoms with Crippen molar-refractivity contribution in [2.45, 2.75) is 13.8 Å². The number of fused-ring (bicyclic) bond motifs is 1. The molecule has 0 saturated heterocycles. The number of H-pyrrole nitrogens is 2. The molecule has 0 aliphatic carbocycles. The van der Waals surface area contributed by atoms with Gasteiger partial charge < -0.3 is 24.6 Å². The Hall–Kier alpha value is -4.07. The van der Waals surface area contributed by atoms with Crippen molar-refractivity contribution in [1.82, 2.24) is 14.5 Å². The van der Waals surface area contributed by atoms with Gasteiger partial charge in [-0.3, -0.25) is 4.79 Å². The second-order valence-electron chi connectivity index (χ2n) is 6.92. The van der Waals surface area contributed by atoms with Crippen LogP contribution in [0.1, 0.15) is 21.7 Å². The minimum absolute atomic E-state index is 0.324. The fourth-order valence-electron chi connectivity index (χ4n) is 3.46. The number of hydrogen-bond donors (Lipinski definition) is 3. The number of nitrogens with zero attached hydrogens (tertiary/aromatic N) is 1. The van der Waals surface area contributed by atoms with E-state index in [-0.39, 0.29) is 5.69 Å².